The van der Waals surface area contributed by atoms with Gasteiger partial charge in [-0.15, -0.1) is 16.8 Å². The summed E-state index contributed by atoms with van der Waals surface area (Å²) in [6, 6.07) is 7.70. The second kappa shape index (κ2) is 11.1. The minimum Gasteiger partial charge on any atom is -0.352 e. The zero-order chi connectivity index (χ0) is 22.2. The van der Waals surface area contributed by atoms with Gasteiger partial charge in [0.1, 0.15) is 0 Å². The molecule has 8 heteroatoms. The summed E-state index contributed by atoms with van der Waals surface area (Å²) in [7, 11) is 0. The van der Waals surface area contributed by atoms with Crippen LogP contribution in [0.15, 0.2) is 42.1 Å². The Hall–Kier alpha value is -2.61. The van der Waals surface area contributed by atoms with Crippen molar-refractivity contribution < 1.29 is 9.59 Å². The van der Waals surface area contributed by atoms with Gasteiger partial charge in [-0.05, 0) is 37.8 Å². The van der Waals surface area contributed by atoms with Crippen LogP contribution < -0.4 is 10.6 Å². The molecule has 31 heavy (non-hydrogen) atoms. The molecule has 2 atom stereocenters. The highest BCUT2D eigenvalue weighted by Gasteiger charge is 2.23. The van der Waals surface area contributed by atoms with Gasteiger partial charge in [-0.25, -0.2) is 0 Å². The van der Waals surface area contributed by atoms with Gasteiger partial charge in [0, 0.05) is 18.2 Å². The first-order valence-corrected chi connectivity index (χ1v) is 11.8. The Kier molecular flexibility index (Phi) is 8.28. The van der Waals surface area contributed by atoms with Crippen molar-refractivity contribution in [2.75, 3.05) is 5.75 Å². The van der Waals surface area contributed by atoms with Gasteiger partial charge in [0.2, 0.25) is 5.91 Å². The first kappa shape index (κ1) is 23.1. The van der Waals surface area contributed by atoms with Crippen LogP contribution in [0.5, 0.6) is 0 Å². The fraction of sp³-hybridized carbons (Fsp3) is 0.478. The lowest BCUT2D eigenvalue weighted by Crippen LogP contribution is -2.41. The Morgan fingerprint density at radius 1 is 1.29 bits per heavy atom. The normalized spacial score (nSPS) is 18.4. The number of carbonyl (C=O) groups excluding carboxylic acids is 2. The average Bonchev–Trinajstić information content (AvgIpc) is 3.14. The third-order valence-corrected chi connectivity index (χ3v) is 6.55. The first-order chi connectivity index (χ1) is 15.0. The molecule has 2 aromatic rings. The molecule has 0 saturated heterocycles. The SMILES string of the molecule is C=CCn1c(CNC(=O)c2cccc(C)c2)nnc1SCC(=O)N[C@@H]1CCCC[C@@H]1C. The van der Waals surface area contributed by atoms with Crippen molar-refractivity contribution in [2.24, 2.45) is 5.92 Å². The minimum absolute atomic E-state index is 0.0196. The second-order valence-corrected chi connectivity index (χ2v) is 9.02. The van der Waals surface area contributed by atoms with Crippen molar-refractivity contribution in [3.05, 3.63) is 53.9 Å². The number of nitrogens with zero attached hydrogens (tertiary/aromatic N) is 3. The quantitative estimate of drug-likeness (QED) is 0.459. The molecule has 0 bridgehead atoms. The molecule has 0 radical (unpaired) electrons. The van der Waals surface area contributed by atoms with Gasteiger partial charge in [-0.1, -0.05) is 55.3 Å². The molecule has 1 saturated carbocycles. The smallest absolute Gasteiger partial charge is 0.251 e. The highest BCUT2D eigenvalue weighted by Crippen LogP contribution is 2.24. The first-order valence-electron chi connectivity index (χ1n) is 10.8. The zero-order valence-corrected chi connectivity index (χ0v) is 19.1. The molecule has 1 heterocycles. The summed E-state index contributed by atoms with van der Waals surface area (Å²) in [5.74, 6) is 1.30. The van der Waals surface area contributed by atoms with Crippen molar-refractivity contribution in [3.8, 4) is 0 Å². The molecule has 7 nitrogen and oxygen atoms in total. The summed E-state index contributed by atoms with van der Waals surface area (Å²) in [5, 5.41) is 15.2. The van der Waals surface area contributed by atoms with Gasteiger partial charge >= 0.3 is 0 Å². The number of thioether (sulfide) groups is 1. The van der Waals surface area contributed by atoms with E-state index in [4.69, 9.17) is 0 Å². The minimum atomic E-state index is -0.160. The maximum atomic E-state index is 12.4. The molecule has 1 fully saturated rings. The highest BCUT2D eigenvalue weighted by atomic mass is 32.2. The summed E-state index contributed by atoms with van der Waals surface area (Å²) < 4.78 is 1.88. The van der Waals surface area contributed by atoms with E-state index in [1.807, 2.05) is 29.7 Å². The topological polar surface area (TPSA) is 88.9 Å². The number of amides is 2. The molecule has 3 rings (SSSR count). The van der Waals surface area contributed by atoms with Crippen molar-refractivity contribution in [2.45, 2.75) is 63.8 Å². The predicted molar refractivity (Wildman–Crippen MR) is 123 cm³/mol. The Morgan fingerprint density at radius 3 is 2.84 bits per heavy atom. The lowest BCUT2D eigenvalue weighted by molar-refractivity contribution is -0.119. The van der Waals surface area contributed by atoms with E-state index in [1.165, 1.54) is 31.0 Å². The number of rotatable bonds is 9. The van der Waals surface area contributed by atoms with Gasteiger partial charge in [-0.3, -0.25) is 9.59 Å². The molecule has 1 aliphatic carbocycles. The third kappa shape index (κ3) is 6.43. The van der Waals surface area contributed by atoms with Crippen LogP contribution in [0.25, 0.3) is 0 Å². The third-order valence-electron chi connectivity index (χ3n) is 5.58. The van der Waals surface area contributed by atoms with Crippen LogP contribution in [-0.2, 0) is 17.9 Å². The number of aryl methyl sites for hydroxylation is 1. The number of hydrogen-bond acceptors (Lipinski definition) is 5. The molecule has 0 spiro atoms. The van der Waals surface area contributed by atoms with E-state index in [1.54, 1.807) is 12.1 Å². The van der Waals surface area contributed by atoms with E-state index in [0.717, 1.165) is 12.0 Å². The van der Waals surface area contributed by atoms with Crippen molar-refractivity contribution in [1.29, 1.82) is 0 Å². The molecule has 2 amide bonds. The van der Waals surface area contributed by atoms with E-state index < -0.39 is 0 Å². The number of aromatic nitrogens is 3. The van der Waals surface area contributed by atoms with Gasteiger partial charge in [0.05, 0.1) is 12.3 Å². The van der Waals surface area contributed by atoms with Gasteiger partial charge in [0.25, 0.3) is 5.91 Å². The summed E-state index contributed by atoms with van der Waals surface area (Å²) in [4.78, 5) is 24.9. The largest absolute Gasteiger partial charge is 0.352 e. The molecule has 0 aliphatic heterocycles. The standard InChI is InChI=1S/C23H31N5O2S/c1-4-12-28-20(14-24-22(30)18-10-7-8-16(2)13-18)26-27-23(28)31-15-21(29)25-19-11-6-5-9-17(19)3/h4,7-8,10,13,17,19H,1,5-6,9,11-12,14-15H2,2-3H3,(H,24,30)(H,25,29)/t17-,19+/m0/s1. The molecule has 1 aliphatic rings. The zero-order valence-electron chi connectivity index (χ0n) is 18.3. The molecule has 0 unspecified atom stereocenters. The molecular weight excluding hydrogens is 410 g/mol. The molecule has 166 valence electrons. The lowest BCUT2D eigenvalue weighted by atomic mass is 9.86. The number of benzene rings is 1. The van der Waals surface area contributed by atoms with Crippen LogP contribution >= 0.6 is 11.8 Å². The van der Waals surface area contributed by atoms with Gasteiger partial charge in [0.15, 0.2) is 11.0 Å². The fourth-order valence-corrected chi connectivity index (χ4v) is 4.60. The van der Waals surface area contributed by atoms with E-state index in [2.05, 4.69) is 34.3 Å². The Balaban J connectivity index is 1.57. The van der Waals surface area contributed by atoms with E-state index in [9.17, 15) is 9.59 Å². The van der Waals surface area contributed by atoms with E-state index >= 15 is 0 Å². The van der Waals surface area contributed by atoms with Crippen LogP contribution in [0, 0.1) is 12.8 Å². The number of hydrogen-bond donors (Lipinski definition) is 2. The van der Waals surface area contributed by atoms with Crippen LogP contribution in [0.2, 0.25) is 0 Å². The lowest BCUT2D eigenvalue weighted by Gasteiger charge is -2.29. The van der Waals surface area contributed by atoms with Crippen molar-refractivity contribution >= 4 is 23.6 Å². The molecular formula is C23H31N5O2S. The monoisotopic (exact) mass is 441 g/mol. The number of allylic oxidation sites excluding steroid dienone is 1. The Bertz CT molecular complexity index is 926. The van der Waals surface area contributed by atoms with E-state index in [0.29, 0.717) is 29.0 Å². The summed E-state index contributed by atoms with van der Waals surface area (Å²) in [5.41, 5.74) is 1.64. The number of nitrogens with one attached hydrogen (secondary N) is 2. The second-order valence-electron chi connectivity index (χ2n) is 8.07. The summed E-state index contributed by atoms with van der Waals surface area (Å²) in [6.07, 6.45) is 6.39. The predicted octanol–water partition coefficient (Wildman–Crippen LogP) is 3.49. The fourth-order valence-electron chi connectivity index (χ4n) is 3.83. The maximum Gasteiger partial charge on any atom is 0.251 e. The Morgan fingerprint density at radius 2 is 2.10 bits per heavy atom. The highest BCUT2D eigenvalue weighted by molar-refractivity contribution is 7.99. The molecule has 2 N–H and O–H groups in total. The van der Waals surface area contributed by atoms with Gasteiger partial charge in [-0.2, -0.15) is 0 Å². The molecule has 1 aromatic heterocycles. The van der Waals surface area contributed by atoms with Crippen LogP contribution in [0.3, 0.4) is 0 Å². The Labute approximate surface area is 188 Å². The summed E-state index contributed by atoms with van der Waals surface area (Å²) in [6.45, 7) is 8.71. The average molecular weight is 442 g/mol. The number of carbonyl (C=O) groups is 2. The molecule has 1 aromatic carbocycles. The van der Waals surface area contributed by atoms with Crippen LogP contribution in [0.1, 0.15) is 54.4 Å². The van der Waals surface area contributed by atoms with Crippen molar-refractivity contribution in [1.82, 2.24) is 25.4 Å². The maximum absolute atomic E-state index is 12.4. The van der Waals surface area contributed by atoms with Crippen molar-refractivity contribution in [3.63, 3.8) is 0 Å². The van der Waals surface area contributed by atoms with E-state index in [-0.39, 0.29) is 30.2 Å². The summed E-state index contributed by atoms with van der Waals surface area (Å²) >= 11 is 1.36. The van der Waals surface area contributed by atoms with Crippen LogP contribution in [-0.4, -0.2) is 38.4 Å². The van der Waals surface area contributed by atoms with Gasteiger partial charge < -0.3 is 15.2 Å². The van der Waals surface area contributed by atoms with Crippen LogP contribution in [0.4, 0.5) is 0 Å².